The Labute approximate surface area is 118 Å². The van der Waals surface area contributed by atoms with Gasteiger partial charge in [-0.3, -0.25) is 14.0 Å². The number of anilines is 1. The molecule has 3 heterocycles. The van der Waals surface area contributed by atoms with Crippen LogP contribution in [0.25, 0.3) is 11.0 Å². The van der Waals surface area contributed by atoms with Crippen LogP contribution in [0.5, 0.6) is 0 Å². The molecule has 0 aliphatic heterocycles. The minimum absolute atomic E-state index is 0.122. The van der Waals surface area contributed by atoms with Crippen LogP contribution >= 0.6 is 11.3 Å². The molecule has 0 saturated carbocycles. The highest BCUT2D eigenvalue weighted by atomic mass is 32.1. The van der Waals surface area contributed by atoms with Crippen molar-refractivity contribution in [2.75, 3.05) is 11.9 Å². The summed E-state index contributed by atoms with van der Waals surface area (Å²) in [6.45, 7) is 3.14. The van der Waals surface area contributed by atoms with Crippen molar-refractivity contribution in [3.8, 4) is 0 Å². The van der Waals surface area contributed by atoms with E-state index in [2.05, 4.69) is 25.6 Å². The van der Waals surface area contributed by atoms with Gasteiger partial charge in [-0.05, 0) is 6.92 Å². The van der Waals surface area contributed by atoms with Crippen molar-refractivity contribution in [1.29, 1.82) is 0 Å². The highest BCUT2D eigenvalue weighted by Crippen LogP contribution is 2.15. The van der Waals surface area contributed by atoms with E-state index < -0.39 is 0 Å². The molecule has 9 heteroatoms. The molecule has 104 valence electrons. The first-order chi connectivity index (χ1) is 9.69. The lowest BCUT2D eigenvalue weighted by Crippen LogP contribution is -2.21. The highest BCUT2D eigenvalue weighted by Gasteiger charge is 2.10. The van der Waals surface area contributed by atoms with E-state index in [1.54, 1.807) is 11.7 Å². The lowest BCUT2D eigenvalue weighted by Gasteiger charge is -2.01. The van der Waals surface area contributed by atoms with E-state index in [1.807, 2.05) is 6.92 Å². The normalized spacial score (nSPS) is 11.1. The number of nitrogens with one attached hydrogen (secondary N) is 1. The molecule has 0 radical (unpaired) electrons. The predicted octanol–water partition coefficient (Wildman–Crippen LogP) is 0.462. The maximum Gasteiger partial charge on any atom is 0.264 e. The molecule has 0 fully saturated rings. The summed E-state index contributed by atoms with van der Waals surface area (Å²) in [6, 6.07) is 0. The standard InChI is InChI=1S/C11H13N7OS/c1-3-12-11-16-15-8(20-11)5-18-6-13-9-7(10(18)19)4-14-17(9)2/h4,6H,3,5H2,1-2H3,(H,12,16). The Balaban J connectivity index is 1.94. The third-order valence-corrected chi connectivity index (χ3v) is 3.68. The van der Waals surface area contributed by atoms with E-state index in [0.717, 1.165) is 16.7 Å². The van der Waals surface area contributed by atoms with Gasteiger partial charge in [0.1, 0.15) is 16.7 Å². The summed E-state index contributed by atoms with van der Waals surface area (Å²) in [7, 11) is 1.76. The number of aromatic nitrogens is 6. The first kappa shape index (κ1) is 12.7. The van der Waals surface area contributed by atoms with Crippen LogP contribution in [-0.2, 0) is 13.6 Å². The number of rotatable bonds is 4. The molecule has 0 spiro atoms. The average Bonchev–Trinajstić information content (AvgIpc) is 3.02. The Kier molecular flexibility index (Phi) is 3.18. The molecule has 0 amide bonds. The minimum Gasteiger partial charge on any atom is -0.360 e. The van der Waals surface area contributed by atoms with Crippen molar-refractivity contribution in [2.45, 2.75) is 13.5 Å². The van der Waals surface area contributed by atoms with Gasteiger partial charge in [0.2, 0.25) is 5.13 Å². The molecule has 0 aliphatic carbocycles. The fraction of sp³-hybridized carbons (Fsp3) is 0.364. The summed E-state index contributed by atoms with van der Waals surface area (Å²) < 4.78 is 3.09. The van der Waals surface area contributed by atoms with Crippen LogP contribution in [-0.4, -0.2) is 36.1 Å². The van der Waals surface area contributed by atoms with Gasteiger partial charge >= 0.3 is 0 Å². The smallest absolute Gasteiger partial charge is 0.264 e. The summed E-state index contributed by atoms with van der Waals surface area (Å²) >= 11 is 1.43. The van der Waals surface area contributed by atoms with E-state index >= 15 is 0 Å². The number of nitrogens with zero attached hydrogens (tertiary/aromatic N) is 6. The van der Waals surface area contributed by atoms with Crippen LogP contribution in [0.1, 0.15) is 11.9 Å². The van der Waals surface area contributed by atoms with Crippen LogP contribution in [0.4, 0.5) is 5.13 Å². The van der Waals surface area contributed by atoms with E-state index in [-0.39, 0.29) is 5.56 Å². The zero-order valence-electron chi connectivity index (χ0n) is 11.1. The molecule has 0 atom stereocenters. The Morgan fingerprint density at radius 3 is 3.05 bits per heavy atom. The summed E-state index contributed by atoms with van der Waals surface area (Å²) in [5, 5.41) is 17.2. The average molecular weight is 291 g/mol. The summed E-state index contributed by atoms with van der Waals surface area (Å²) in [6.07, 6.45) is 3.05. The van der Waals surface area contributed by atoms with Crippen molar-refractivity contribution in [3.63, 3.8) is 0 Å². The second-order valence-corrected chi connectivity index (χ2v) is 5.28. The van der Waals surface area contributed by atoms with Crippen molar-refractivity contribution in [3.05, 3.63) is 27.9 Å². The van der Waals surface area contributed by atoms with Crippen molar-refractivity contribution in [1.82, 2.24) is 29.5 Å². The molecule has 0 aromatic carbocycles. The van der Waals surface area contributed by atoms with Gasteiger partial charge in [-0.1, -0.05) is 11.3 Å². The van der Waals surface area contributed by atoms with Crippen LogP contribution < -0.4 is 10.9 Å². The van der Waals surface area contributed by atoms with E-state index in [1.165, 1.54) is 28.4 Å². The third kappa shape index (κ3) is 2.16. The Hall–Kier alpha value is -2.29. The number of hydrogen-bond acceptors (Lipinski definition) is 7. The van der Waals surface area contributed by atoms with Gasteiger partial charge in [-0.15, -0.1) is 10.2 Å². The monoisotopic (exact) mass is 291 g/mol. The summed E-state index contributed by atoms with van der Waals surface area (Å²) in [4.78, 5) is 16.5. The van der Waals surface area contributed by atoms with E-state index in [9.17, 15) is 4.79 Å². The molecule has 8 nitrogen and oxygen atoms in total. The van der Waals surface area contributed by atoms with Gasteiger partial charge in [0, 0.05) is 13.6 Å². The molecule has 0 saturated heterocycles. The van der Waals surface area contributed by atoms with Crippen LogP contribution in [0, 0.1) is 0 Å². The molecule has 0 aliphatic rings. The molecular formula is C11H13N7OS. The van der Waals surface area contributed by atoms with Crippen molar-refractivity contribution >= 4 is 27.5 Å². The third-order valence-electron chi connectivity index (χ3n) is 2.82. The molecule has 20 heavy (non-hydrogen) atoms. The van der Waals surface area contributed by atoms with Crippen LogP contribution in [0.15, 0.2) is 17.3 Å². The molecule has 3 aromatic heterocycles. The first-order valence-electron chi connectivity index (χ1n) is 6.12. The van der Waals surface area contributed by atoms with Gasteiger partial charge in [-0.2, -0.15) is 5.10 Å². The van der Waals surface area contributed by atoms with Crippen LogP contribution in [0.3, 0.4) is 0 Å². The Morgan fingerprint density at radius 2 is 2.25 bits per heavy atom. The largest absolute Gasteiger partial charge is 0.360 e. The lowest BCUT2D eigenvalue weighted by molar-refractivity contribution is 0.726. The fourth-order valence-electron chi connectivity index (χ4n) is 1.87. The van der Waals surface area contributed by atoms with Gasteiger partial charge in [0.15, 0.2) is 5.65 Å². The maximum atomic E-state index is 12.3. The zero-order chi connectivity index (χ0) is 14.1. The topological polar surface area (TPSA) is 90.5 Å². The van der Waals surface area contributed by atoms with Gasteiger partial charge < -0.3 is 5.32 Å². The number of fused-ring (bicyclic) bond motifs is 1. The van der Waals surface area contributed by atoms with Gasteiger partial charge in [-0.25, -0.2) is 4.98 Å². The molecular weight excluding hydrogens is 278 g/mol. The highest BCUT2D eigenvalue weighted by molar-refractivity contribution is 7.15. The van der Waals surface area contributed by atoms with Gasteiger partial charge in [0.05, 0.1) is 12.7 Å². The molecule has 0 bridgehead atoms. The van der Waals surface area contributed by atoms with Gasteiger partial charge in [0.25, 0.3) is 5.56 Å². The second-order valence-electron chi connectivity index (χ2n) is 4.21. The van der Waals surface area contributed by atoms with Crippen molar-refractivity contribution in [2.24, 2.45) is 7.05 Å². The summed E-state index contributed by atoms with van der Waals surface area (Å²) in [5.41, 5.74) is 0.458. The number of hydrogen-bond donors (Lipinski definition) is 1. The second kappa shape index (κ2) is 5.00. The SMILES string of the molecule is CCNc1nnc(Cn2cnc3c(cnn3C)c2=O)s1. The van der Waals surface area contributed by atoms with E-state index in [0.29, 0.717) is 17.6 Å². The minimum atomic E-state index is -0.122. The maximum absolute atomic E-state index is 12.3. The Morgan fingerprint density at radius 1 is 1.40 bits per heavy atom. The molecule has 3 aromatic rings. The molecule has 1 N–H and O–H groups in total. The Bertz CT molecular complexity index is 803. The fourth-order valence-corrected chi connectivity index (χ4v) is 2.67. The summed E-state index contributed by atoms with van der Waals surface area (Å²) in [5.74, 6) is 0. The van der Waals surface area contributed by atoms with Crippen molar-refractivity contribution < 1.29 is 0 Å². The lowest BCUT2D eigenvalue weighted by atomic mass is 10.4. The quantitative estimate of drug-likeness (QED) is 0.751. The zero-order valence-corrected chi connectivity index (χ0v) is 11.9. The molecule has 3 rings (SSSR count). The molecule has 0 unspecified atom stereocenters. The first-order valence-corrected chi connectivity index (χ1v) is 6.94. The number of aryl methyl sites for hydroxylation is 1. The van der Waals surface area contributed by atoms with Crippen LogP contribution in [0.2, 0.25) is 0 Å². The predicted molar refractivity (Wildman–Crippen MR) is 75.9 cm³/mol. The van der Waals surface area contributed by atoms with E-state index in [4.69, 9.17) is 0 Å².